The van der Waals surface area contributed by atoms with E-state index in [1.165, 1.54) is 0 Å². The van der Waals surface area contributed by atoms with Crippen LogP contribution in [0.3, 0.4) is 0 Å². The summed E-state index contributed by atoms with van der Waals surface area (Å²) >= 11 is 0. The Kier molecular flexibility index (Phi) is 6.12. The van der Waals surface area contributed by atoms with Crippen molar-refractivity contribution in [2.45, 2.75) is 39.2 Å². The second-order valence-corrected chi connectivity index (χ2v) is 4.93. The highest BCUT2D eigenvalue weighted by molar-refractivity contribution is 5.79. The molecule has 3 heteroatoms. The molecular formula is C15H21NO2. The monoisotopic (exact) mass is 247 g/mol. The summed E-state index contributed by atoms with van der Waals surface area (Å²) in [6.07, 6.45) is 2.65. The summed E-state index contributed by atoms with van der Waals surface area (Å²) < 4.78 is 0. The lowest BCUT2D eigenvalue weighted by Gasteiger charge is -2.14. The van der Waals surface area contributed by atoms with Crippen molar-refractivity contribution < 1.29 is 9.59 Å². The number of hydrogen-bond donors (Lipinski definition) is 1. The molecular weight excluding hydrogens is 226 g/mol. The van der Waals surface area contributed by atoms with E-state index < -0.39 is 0 Å². The van der Waals surface area contributed by atoms with Gasteiger partial charge in [-0.1, -0.05) is 44.2 Å². The molecule has 0 heterocycles. The zero-order chi connectivity index (χ0) is 13.4. The Morgan fingerprint density at radius 2 is 1.94 bits per heavy atom. The fourth-order valence-electron chi connectivity index (χ4n) is 1.84. The number of rotatable bonds is 7. The molecule has 0 bridgehead atoms. The van der Waals surface area contributed by atoms with Gasteiger partial charge in [-0.25, -0.2) is 0 Å². The van der Waals surface area contributed by atoms with Crippen LogP contribution in [0.15, 0.2) is 30.3 Å². The smallest absolute Gasteiger partial charge is 0.220 e. The number of aryl methyl sites for hydroxylation is 1. The Bertz CT molecular complexity index is 373. The molecule has 0 radical (unpaired) electrons. The van der Waals surface area contributed by atoms with Crippen molar-refractivity contribution in [3.05, 3.63) is 35.9 Å². The second-order valence-electron chi connectivity index (χ2n) is 4.93. The molecule has 18 heavy (non-hydrogen) atoms. The summed E-state index contributed by atoms with van der Waals surface area (Å²) in [6.45, 7) is 4.07. The van der Waals surface area contributed by atoms with Crippen LogP contribution in [0.2, 0.25) is 0 Å². The van der Waals surface area contributed by atoms with Crippen LogP contribution in [0.5, 0.6) is 0 Å². The molecule has 1 atom stereocenters. The maximum absolute atomic E-state index is 11.7. The van der Waals surface area contributed by atoms with Gasteiger partial charge in [0.05, 0.1) is 6.04 Å². The summed E-state index contributed by atoms with van der Waals surface area (Å²) in [5.41, 5.74) is 1.14. The third kappa shape index (κ3) is 5.62. The van der Waals surface area contributed by atoms with Gasteiger partial charge in [-0.05, 0) is 24.3 Å². The fraction of sp³-hybridized carbons (Fsp3) is 0.467. The lowest BCUT2D eigenvalue weighted by atomic mass is 10.0. The average molecular weight is 247 g/mol. The molecule has 3 nitrogen and oxygen atoms in total. The molecule has 0 saturated heterocycles. The molecule has 0 aliphatic rings. The number of carbonyl (C=O) groups is 2. The van der Waals surface area contributed by atoms with Crippen LogP contribution in [0.1, 0.15) is 32.3 Å². The lowest BCUT2D eigenvalue weighted by molar-refractivity contribution is -0.124. The van der Waals surface area contributed by atoms with E-state index in [2.05, 4.69) is 5.32 Å². The van der Waals surface area contributed by atoms with Crippen LogP contribution in [0.25, 0.3) is 0 Å². The van der Waals surface area contributed by atoms with Crippen molar-refractivity contribution in [1.82, 2.24) is 5.32 Å². The molecule has 0 fully saturated rings. The molecule has 0 spiro atoms. The van der Waals surface area contributed by atoms with Gasteiger partial charge in [-0.2, -0.15) is 0 Å². The van der Waals surface area contributed by atoms with Gasteiger partial charge < -0.3 is 10.1 Å². The minimum atomic E-state index is -0.353. The second kappa shape index (κ2) is 7.64. The van der Waals surface area contributed by atoms with E-state index in [4.69, 9.17) is 0 Å². The molecule has 1 unspecified atom stereocenters. The Balaban J connectivity index is 2.34. The van der Waals surface area contributed by atoms with Gasteiger partial charge in [0.2, 0.25) is 5.91 Å². The molecule has 0 aromatic heterocycles. The first-order valence-corrected chi connectivity index (χ1v) is 6.40. The predicted molar refractivity (Wildman–Crippen MR) is 72.2 cm³/mol. The van der Waals surface area contributed by atoms with Crippen LogP contribution >= 0.6 is 0 Å². The normalized spacial score (nSPS) is 12.2. The molecule has 1 aromatic rings. The summed E-state index contributed by atoms with van der Waals surface area (Å²) in [5, 5.41) is 2.76. The lowest BCUT2D eigenvalue weighted by Crippen LogP contribution is -2.37. The SMILES string of the molecule is CC(C)CC(C=O)NC(=O)CCc1ccccc1. The summed E-state index contributed by atoms with van der Waals surface area (Å²) in [5.74, 6) is 0.339. The highest BCUT2D eigenvalue weighted by Gasteiger charge is 2.12. The van der Waals surface area contributed by atoms with Gasteiger partial charge in [0.15, 0.2) is 0 Å². The minimum Gasteiger partial charge on any atom is -0.347 e. The van der Waals surface area contributed by atoms with Gasteiger partial charge in [0, 0.05) is 6.42 Å². The molecule has 0 saturated carbocycles. The van der Waals surface area contributed by atoms with Crippen molar-refractivity contribution in [3.8, 4) is 0 Å². The summed E-state index contributed by atoms with van der Waals surface area (Å²) in [7, 11) is 0. The van der Waals surface area contributed by atoms with E-state index >= 15 is 0 Å². The van der Waals surface area contributed by atoms with Gasteiger partial charge in [0.1, 0.15) is 6.29 Å². The van der Waals surface area contributed by atoms with Crippen molar-refractivity contribution in [2.75, 3.05) is 0 Å². The molecule has 98 valence electrons. The average Bonchev–Trinajstić information content (AvgIpc) is 2.36. The van der Waals surface area contributed by atoms with E-state index in [0.717, 1.165) is 11.8 Å². The van der Waals surface area contributed by atoms with E-state index in [1.54, 1.807) is 0 Å². The maximum Gasteiger partial charge on any atom is 0.220 e. The number of amides is 1. The highest BCUT2D eigenvalue weighted by Crippen LogP contribution is 2.05. The third-order valence-corrected chi connectivity index (χ3v) is 2.72. The number of hydrogen-bond acceptors (Lipinski definition) is 2. The highest BCUT2D eigenvalue weighted by atomic mass is 16.2. The first-order valence-electron chi connectivity index (χ1n) is 6.40. The van der Waals surface area contributed by atoms with E-state index in [0.29, 0.717) is 25.2 Å². The number of nitrogens with one attached hydrogen (secondary N) is 1. The topological polar surface area (TPSA) is 46.2 Å². The summed E-state index contributed by atoms with van der Waals surface area (Å²) in [6, 6.07) is 9.51. The van der Waals surface area contributed by atoms with Gasteiger partial charge in [-0.3, -0.25) is 4.79 Å². The fourth-order valence-corrected chi connectivity index (χ4v) is 1.84. The zero-order valence-corrected chi connectivity index (χ0v) is 11.1. The van der Waals surface area contributed by atoms with Crippen molar-refractivity contribution in [3.63, 3.8) is 0 Å². The van der Waals surface area contributed by atoms with Crippen molar-refractivity contribution in [1.29, 1.82) is 0 Å². The summed E-state index contributed by atoms with van der Waals surface area (Å²) in [4.78, 5) is 22.5. The number of carbonyl (C=O) groups excluding carboxylic acids is 2. The molecule has 0 aliphatic carbocycles. The molecule has 1 rings (SSSR count). The number of aldehydes is 1. The molecule has 1 amide bonds. The van der Waals surface area contributed by atoms with Crippen molar-refractivity contribution >= 4 is 12.2 Å². The molecule has 1 N–H and O–H groups in total. The Hall–Kier alpha value is -1.64. The first-order chi connectivity index (χ1) is 8.61. The van der Waals surface area contributed by atoms with E-state index in [9.17, 15) is 9.59 Å². The Morgan fingerprint density at radius 1 is 1.28 bits per heavy atom. The first kappa shape index (κ1) is 14.4. The van der Waals surface area contributed by atoms with Crippen LogP contribution in [-0.2, 0) is 16.0 Å². The van der Waals surface area contributed by atoms with Crippen LogP contribution in [-0.4, -0.2) is 18.2 Å². The van der Waals surface area contributed by atoms with Crippen LogP contribution in [0, 0.1) is 5.92 Å². The number of benzene rings is 1. The quantitative estimate of drug-likeness (QED) is 0.752. The van der Waals surface area contributed by atoms with Crippen LogP contribution < -0.4 is 5.32 Å². The maximum atomic E-state index is 11.7. The van der Waals surface area contributed by atoms with Crippen LogP contribution in [0.4, 0.5) is 0 Å². The molecule has 1 aromatic carbocycles. The van der Waals surface area contributed by atoms with Gasteiger partial charge >= 0.3 is 0 Å². The predicted octanol–water partition coefficient (Wildman–Crippen LogP) is 2.35. The van der Waals surface area contributed by atoms with Gasteiger partial charge in [0.25, 0.3) is 0 Å². The third-order valence-electron chi connectivity index (χ3n) is 2.72. The Morgan fingerprint density at radius 3 is 2.50 bits per heavy atom. The standard InChI is InChI=1S/C15H21NO2/c1-12(2)10-14(11-17)16-15(18)9-8-13-6-4-3-5-7-13/h3-7,11-12,14H,8-10H2,1-2H3,(H,16,18). The molecule has 0 aliphatic heterocycles. The minimum absolute atomic E-state index is 0.0587. The largest absolute Gasteiger partial charge is 0.347 e. The van der Waals surface area contributed by atoms with E-state index in [-0.39, 0.29) is 11.9 Å². The zero-order valence-electron chi connectivity index (χ0n) is 11.1. The van der Waals surface area contributed by atoms with Crippen molar-refractivity contribution in [2.24, 2.45) is 5.92 Å². The van der Waals surface area contributed by atoms with Gasteiger partial charge in [-0.15, -0.1) is 0 Å². The van der Waals surface area contributed by atoms with E-state index in [1.807, 2.05) is 44.2 Å². The Labute approximate surface area is 109 Å².